The van der Waals surface area contributed by atoms with Crippen molar-refractivity contribution >= 4 is 13.5 Å². The third-order valence-electron chi connectivity index (χ3n) is 1.66. The van der Waals surface area contributed by atoms with Gasteiger partial charge in [0.2, 0.25) is 0 Å². The molecule has 0 N–H and O–H groups in total. The largest absolute Gasteiger partial charge is 0.272 e. The minimum atomic E-state index is -0.408. The van der Waals surface area contributed by atoms with Gasteiger partial charge in [-0.05, 0) is 12.5 Å². The predicted octanol–water partition coefficient (Wildman–Crippen LogP) is 1.57. The quantitative estimate of drug-likeness (QED) is 0.375. The molecule has 0 atom stereocenters. The van der Waals surface area contributed by atoms with Gasteiger partial charge in [-0.15, -0.1) is 0 Å². The first-order chi connectivity index (χ1) is 5.65. The van der Waals surface area contributed by atoms with Crippen LogP contribution in [0.3, 0.4) is 0 Å². The highest BCUT2D eigenvalue weighted by Crippen LogP contribution is 2.19. The molecule has 1 aromatic rings. The first kappa shape index (κ1) is 8.78. The predicted molar refractivity (Wildman–Crippen MR) is 47.3 cm³/mol. The summed E-state index contributed by atoms with van der Waals surface area (Å²) in [4.78, 5) is 10.1. The van der Waals surface area contributed by atoms with Crippen molar-refractivity contribution in [3.8, 4) is 0 Å². The molecule has 0 saturated carbocycles. The van der Waals surface area contributed by atoms with Gasteiger partial charge in [-0.25, -0.2) is 0 Å². The number of nitrogens with zero attached hydrogens (tertiary/aromatic N) is 1. The second-order valence-corrected chi connectivity index (χ2v) is 2.59. The van der Waals surface area contributed by atoms with E-state index in [-0.39, 0.29) is 12.0 Å². The fourth-order valence-electron chi connectivity index (χ4n) is 1.02. The summed E-state index contributed by atoms with van der Waals surface area (Å²) in [6.45, 7) is 1.81. The minimum absolute atomic E-state index is 0.109. The fraction of sp³-hybridized carbons (Fsp3) is 0.250. The van der Waals surface area contributed by atoms with Gasteiger partial charge in [-0.3, -0.25) is 10.1 Å². The molecule has 1 aromatic carbocycles. The smallest absolute Gasteiger partial charge is 0.258 e. The molecule has 0 fully saturated rings. The van der Waals surface area contributed by atoms with Crippen LogP contribution < -0.4 is 0 Å². The number of benzene rings is 1. The molecular weight excluding hydrogens is 153 g/mol. The summed E-state index contributed by atoms with van der Waals surface area (Å²) in [5, 5.41) is 10.5. The van der Waals surface area contributed by atoms with Crippen molar-refractivity contribution in [1.82, 2.24) is 0 Å². The molecule has 4 heteroatoms. The van der Waals surface area contributed by atoms with Crippen LogP contribution in [-0.2, 0) is 6.32 Å². The molecule has 0 aliphatic heterocycles. The number of rotatable bonds is 2. The van der Waals surface area contributed by atoms with Gasteiger partial charge >= 0.3 is 0 Å². The van der Waals surface area contributed by atoms with E-state index in [0.717, 1.165) is 5.56 Å². The highest BCUT2D eigenvalue weighted by atomic mass is 16.6. The lowest BCUT2D eigenvalue weighted by atomic mass is 9.95. The maximum absolute atomic E-state index is 10.5. The Balaban J connectivity index is 3.21. The molecule has 0 spiro atoms. The van der Waals surface area contributed by atoms with Crippen LogP contribution in [0.4, 0.5) is 5.69 Å². The van der Waals surface area contributed by atoms with Crippen LogP contribution in [0.1, 0.15) is 11.1 Å². The van der Waals surface area contributed by atoms with E-state index in [2.05, 4.69) is 0 Å². The minimum Gasteiger partial charge on any atom is -0.258 e. The van der Waals surface area contributed by atoms with Crippen LogP contribution in [0.15, 0.2) is 18.2 Å². The average molecular weight is 161 g/mol. The second-order valence-electron chi connectivity index (χ2n) is 2.59. The summed E-state index contributed by atoms with van der Waals surface area (Å²) in [6.07, 6.45) is 0.205. The third kappa shape index (κ3) is 1.64. The molecule has 0 saturated heterocycles. The summed E-state index contributed by atoms with van der Waals surface area (Å²) in [5.41, 5.74) is 1.56. The van der Waals surface area contributed by atoms with E-state index in [0.29, 0.717) is 5.56 Å². The summed E-state index contributed by atoms with van der Waals surface area (Å²) < 4.78 is 0. The van der Waals surface area contributed by atoms with E-state index < -0.39 is 4.92 Å². The van der Waals surface area contributed by atoms with Gasteiger partial charge in [-0.2, -0.15) is 0 Å². The molecule has 0 bridgehead atoms. The van der Waals surface area contributed by atoms with Crippen molar-refractivity contribution in [1.29, 1.82) is 0 Å². The molecule has 0 aromatic heterocycles. The number of hydrogen-bond acceptors (Lipinski definition) is 2. The molecule has 0 aliphatic carbocycles. The highest BCUT2D eigenvalue weighted by molar-refractivity contribution is 6.08. The number of hydrogen-bond donors (Lipinski definition) is 0. The Kier molecular flexibility index (Phi) is 2.48. The van der Waals surface area contributed by atoms with E-state index in [1.807, 2.05) is 13.0 Å². The Morgan fingerprint density at radius 2 is 2.25 bits per heavy atom. The average Bonchev–Trinajstić information content (AvgIpc) is 2.04. The third-order valence-corrected chi connectivity index (χ3v) is 1.66. The van der Waals surface area contributed by atoms with Gasteiger partial charge in [0, 0.05) is 11.6 Å². The Morgan fingerprint density at radius 1 is 1.58 bits per heavy atom. The van der Waals surface area contributed by atoms with Crippen LogP contribution in [0, 0.1) is 17.0 Å². The van der Waals surface area contributed by atoms with Crippen molar-refractivity contribution in [2.75, 3.05) is 0 Å². The second kappa shape index (κ2) is 3.39. The van der Waals surface area contributed by atoms with Crippen LogP contribution in [-0.4, -0.2) is 12.8 Å². The normalized spacial score (nSPS) is 9.75. The summed E-state index contributed by atoms with van der Waals surface area (Å²) in [6, 6.07) is 5.03. The molecule has 1 rings (SSSR count). The maximum Gasteiger partial charge on any atom is 0.272 e. The monoisotopic (exact) mass is 161 g/mol. The lowest BCUT2D eigenvalue weighted by Crippen LogP contribution is -1.95. The van der Waals surface area contributed by atoms with Crippen molar-refractivity contribution < 1.29 is 4.92 Å². The van der Waals surface area contributed by atoms with E-state index in [1.165, 1.54) is 6.07 Å². The van der Waals surface area contributed by atoms with Crippen LogP contribution in [0.5, 0.6) is 0 Å². The zero-order chi connectivity index (χ0) is 9.14. The van der Waals surface area contributed by atoms with Crippen LogP contribution in [0.2, 0.25) is 0 Å². The topological polar surface area (TPSA) is 43.1 Å². The zero-order valence-electron chi connectivity index (χ0n) is 6.78. The number of nitro groups is 1. The van der Waals surface area contributed by atoms with E-state index in [4.69, 9.17) is 7.85 Å². The molecule has 0 unspecified atom stereocenters. The van der Waals surface area contributed by atoms with Gasteiger partial charge in [0.15, 0.2) is 0 Å². The van der Waals surface area contributed by atoms with Crippen molar-refractivity contribution in [2.45, 2.75) is 13.2 Å². The van der Waals surface area contributed by atoms with Crippen LogP contribution >= 0.6 is 0 Å². The van der Waals surface area contributed by atoms with E-state index in [1.54, 1.807) is 6.07 Å². The Bertz CT molecular complexity index is 312. The molecule has 0 heterocycles. The molecule has 2 radical (unpaired) electrons. The van der Waals surface area contributed by atoms with Gasteiger partial charge in [0.05, 0.1) is 12.8 Å². The molecule has 60 valence electrons. The zero-order valence-corrected chi connectivity index (χ0v) is 6.78. The molecule has 0 amide bonds. The molecule has 12 heavy (non-hydrogen) atoms. The Labute approximate surface area is 72.0 Å². The van der Waals surface area contributed by atoms with Crippen molar-refractivity contribution in [3.05, 3.63) is 39.4 Å². The van der Waals surface area contributed by atoms with Crippen molar-refractivity contribution in [3.63, 3.8) is 0 Å². The van der Waals surface area contributed by atoms with E-state index >= 15 is 0 Å². The van der Waals surface area contributed by atoms with E-state index in [9.17, 15) is 10.1 Å². The number of nitro benzene ring substituents is 1. The number of aryl methyl sites for hydroxylation is 1. The summed E-state index contributed by atoms with van der Waals surface area (Å²) in [5.74, 6) is 0. The highest BCUT2D eigenvalue weighted by Gasteiger charge is 2.10. The Morgan fingerprint density at radius 3 is 2.75 bits per heavy atom. The lowest BCUT2D eigenvalue weighted by molar-refractivity contribution is -0.385. The molecule has 0 aliphatic rings. The van der Waals surface area contributed by atoms with Gasteiger partial charge in [-0.1, -0.05) is 18.5 Å². The fourth-order valence-corrected chi connectivity index (χ4v) is 1.02. The summed E-state index contributed by atoms with van der Waals surface area (Å²) >= 11 is 0. The maximum atomic E-state index is 10.5. The standard InChI is InChI=1S/C8H8BNO2/c1-6-2-3-7(5-9)8(4-6)10(11)12/h2-4H,5H2,1H3. The molecule has 3 nitrogen and oxygen atoms in total. The Hall–Kier alpha value is -1.32. The lowest BCUT2D eigenvalue weighted by Gasteiger charge is -1.99. The first-order valence-corrected chi connectivity index (χ1v) is 3.59. The van der Waals surface area contributed by atoms with Crippen molar-refractivity contribution in [2.24, 2.45) is 0 Å². The first-order valence-electron chi connectivity index (χ1n) is 3.59. The van der Waals surface area contributed by atoms with Gasteiger partial charge in [0.1, 0.15) is 0 Å². The molecular formula is C8H8BNO2. The summed E-state index contributed by atoms with van der Waals surface area (Å²) in [7, 11) is 5.33. The van der Waals surface area contributed by atoms with Crippen LogP contribution in [0.25, 0.3) is 0 Å². The SMILES string of the molecule is [B]Cc1ccc(C)cc1[N+](=O)[O-]. The van der Waals surface area contributed by atoms with Gasteiger partial charge < -0.3 is 0 Å². The van der Waals surface area contributed by atoms with Gasteiger partial charge in [0.25, 0.3) is 5.69 Å².